The van der Waals surface area contributed by atoms with E-state index in [1.165, 1.54) is 18.2 Å². The van der Waals surface area contributed by atoms with Crippen molar-refractivity contribution in [2.75, 3.05) is 6.61 Å². The van der Waals surface area contributed by atoms with Gasteiger partial charge in [0.25, 0.3) is 0 Å². The molecule has 0 fully saturated rings. The summed E-state index contributed by atoms with van der Waals surface area (Å²) in [4.78, 5) is 13.2. The predicted molar refractivity (Wildman–Crippen MR) is 138 cm³/mol. The maximum absolute atomic E-state index is 13.2. The lowest BCUT2D eigenvalue weighted by Crippen LogP contribution is -2.48. The Morgan fingerprint density at radius 2 is 1.74 bits per heavy atom. The van der Waals surface area contributed by atoms with Crippen molar-refractivity contribution < 1.29 is 17.9 Å². The Hall–Kier alpha value is -2.39. The van der Waals surface area contributed by atoms with Crippen molar-refractivity contribution >= 4 is 43.5 Å². The zero-order valence-electron chi connectivity index (χ0n) is 18.8. The van der Waals surface area contributed by atoms with Gasteiger partial charge in [-0.3, -0.25) is 4.79 Å². The van der Waals surface area contributed by atoms with E-state index in [1.54, 1.807) is 0 Å². The molecule has 3 aromatic carbocycles. The van der Waals surface area contributed by atoms with E-state index in [2.05, 4.69) is 26.0 Å². The molecule has 0 saturated heterocycles. The molecule has 0 bridgehead atoms. The van der Waals surface area contributed by atoms with E-state index < -0.39 is 22.0 Å². The number of hydrogen-bond acceptors (Lipinski definition) is 4. The van der Waals surface area contributed by atoms with E-state index in [0.717, 1.165) is 15.6 Å². The summed E-state index contributed by atoms with van der Waals surface area (Å²) in [7, 11) is -4.04. The molecule has 3 aromatic rings. The summed E-state index contributed by atoms with van der Waals surface area (Å²) in [6, 6.07) is 19.7. The van der Waals surface area contributed by atoms with Gasteiger partial charge in [-0.15, -0.1) is 0 Å². The fraction of sp³-hybridized carbons (Fsp3) is 0.240. The second-order valence-corrected chi connectivity index (χ2v) is 10.7. The first-order valence-corrected chi connectivity index (χ1v) is 13.4. The summed E-state index contributed by atoms with van der Waals surface area (Å²) in [6.07, 6.45) is 0.184. The second-order valence-electron chi connectivity index (χ2n) is 7.67. The van der Waals surface area contributed by atoms with Crippen LogP contribution in [0.1, 0.15) is 31.0 Å². The van der Waals surface area contributed by atoms with Crippen molar-refractivity contribution in [2.45, 2.75) is 37.2 Å². The van der Waals surface area contributed by atoms with Gasteiger partial charge in [-0.25, -0.2) is 8.42 Å². The van der Waals surface area contributed by atoms with Crippen molar-refractivity contribution in [3.63, 3.8) is 0 Å². The molecule has 0 saturated carbocycles. The average Bonchev–Trinajstić information content (AvgIpc) is 2.81. The number of rotatable bonds is 10. The lowest BCUT2D eigenvalue weighted by Gasteiger charge is -2.22. The van der Waals surface area contributed by atoms with Crippen LogP contribution in [0.5, 0.6) is 5.75 Å². The molecule has 0 spiro atoms. The fourth-order valence-electron chi connectivity index (χ4n) is 3.36. The van der Waals surface area contributed by atoms with Gasteiger partial charge in [0, 0.05) is 4.47 Å². The number of nitrogens with one attached hydrogen (secondary N) is 2. The Labute approximate surface area is 213 Å². The van der Waals surface area contributed by atoms with Crippen LogP contribution in [0.3, 0.4) is 0 Å². The van der Waals surface area contributed by atoms with Crippen LogP contribution in [0.2, 0.25) is 5.02 Å². The highest BCUT2D eigenvalue weighted by molar-refractivity contribution is 9.10. The molecule has 1 amide bonds. The first-order valence-electron chi connectivity index (χ1n) is 10.7. The lowest BCUT2D eigenvalue weighted by atomic mass is 10.0. The van der Waals surface area contributed by atoms with Crippen molar-refractivity contribution in [2.24, 2.45) is 0 Å². The minimum atomic E-state index is -4.04. The zero-order chi connectivity index (χ0) is 24.7. The van der Waals surface area contributed by atoms with Crippen LogP contribution in [-0.4, -0.2) is 27.0 Å². The lowest BCUT2D eigenvalue weighted by molar-refractivity contribution is -0.123. The number of benzene rings is 3. The number of halogens is 2. The third kappa shape index (κ3) is 7.06. The molecule has 3 rings (SSSR count). The van der Waals surface area contributed by atoms with Crippen LogP contribution in [-0.2, 0) is 21.2 Å². The maximum Gasteiger partial charge on any atom is 0.241 e. The molecule has 0 aliphatic heterocycles. The standard InChI is InChI=1S/C25H26BrClN2O4S/c1-3-33-24-14-13-21(16-22(24)27)34(31,32)29-23(15-18-7-5-4-6-8-18)25(30)28-17(2)19-9-11-20(26)12-10-19/h4-14,16-17,23,29H,3,15H2,1-2H3,(H,28,30)/t17-,23-/m0/s1. The van der Waals surface area contributed by atoms with Crippen molar-refractivity contribution in [3.8, 4) is 5.75 Å². The Bertz CT molecular complexity index is 1220. The van der Waals surface area contributed by atoms with Crippen LogP contribution in [0.25, 0.3) is 0 Å². The minimum Gasteiger partial charge on any atom is -0.492 e. The molecule has 0 unspecified atom stereocenters. The van der Waals surface area contributed by atoms with Crippen LogP contribution in [0.15, 0.2) is 82.2 Å². The zero-order valence-corrected chi connectivity index (χ0v) is 22.0. The molecule has 180 valence electrons. The molecular weight excluding hydrogens is 540 g/mol. The quantitative estimate of drug-likeness (QED) is 0.351. The van der Waals surface area contributed by atoms with E-state index in [-0.39, 0.29) is 22.4 Å². The van der Waals surface area contributed by atoms with Crippen molar-refractivity contribution in [1.82, 2.24) is 10.0 Å². The van der Waals surface area contributed by atoms with E-state index >= 15 is 0 Å². The number of amides is 1. The molecule has 0 heterocycles. The van der Waals surface area contributed by atoms with E-state index in [9.17, 15) is 13.2 Å². The van der Waals surface area contributed by atoms with E-state index in [4.69, 9.17) is 16.3 Å². The van der Waals surface area contributed by atoms with Gasteiger partial charge in [0.05, 0.1) is 22.6 Å². The van der Waals surface area contributed by atoms with Gasteiger partial charge in [0.15, 0.2) is 0 Å². The van der Waals surface area contributed by atoms with Gasteiger partial charge in [-0.05, 0) is 61.7 Å². The van der Waals surface area contributed by atoms with E-state index in [0.29, 0.717) is 12.4 Å². The molecule has 0 aliphatic rings. The smallest absolute Gasteiger partial charge is 0.241 e. The first kappa shape index (κ1) is 26.2. The number of ether oxygens (including phenoxy) is 1. The summed E-state index contributed by atoms with van der Waals surface area (Å²) in [5.74, 6) is -0.0371. The van der Waals surface area contributed by atoms with Gasteiger partial charge in [0.2, 0.25) is 15.9 Å². The Balaban J connectivity index is 1.84. The van der Waals surface area contributed by atoms with Crippen molar-refractivity contribution in [1.29, 1.82) is 0 Å². The average molecular weight is 566 g/mol. The summed E-state index contributed by atoms with van der Waals surface area (Å²) in [6.45, 7) is 4.06. The molecule has 34 heavy (non-hydrogen) atoms. The first-order chi connectivity index (χ1) is 16.2. The van der Waals surface area contributed by atoms with Crippen LogP contribution in [0, 0.1) is 0 Å². The monoisotopic (exact) mass is 564 g/mol. The van der Waals surface area contributed by atoms with Gasteiger partial charge in [-0.1, -0.05) is 70.0 Å². The molecule has 2 atom stereocenters. The van der Waals surface area contributed by atoms with Crippen LogP contribution >= 0.6 is 27.5 Å². The maximum atomic E-state index is 13.2. The number of carbonyl (C=O) groups is 1. The normalized spacial score (nSPS) is 13.2. The summed E-state index contributed by atoms with van der Waals surface area (Å²) < 4.78 is 35.2. The highest BCUT2D eigenvalue weighted by atomic mass is 79.9. The Morgan fingerprint density at radius 3 is 2.35 bits per heavy atom. The van der Waals surface area contributed by atoms with Gasteiger partial charge < -0.3 is 10.1 Å². The Morgan fingerprint density at radius 1 is 1.06 bits per heavy atom. The number of sulfonamides is 1. The Kier molecular flexibility index (Phi) is 9.13. The van der Waals surface area contributed by atoms with Crippen LogP contribution < -0.4 is 14.8 Å². The third-order valence-corrected chi connectivity index (χ3v) is 7.43. The second kappa shape index (κ2) is 11.8. The third-order valence-electron chi connectivity index (χ3n) is 5.14. The SMILES string of the molecule is CCOc1ccc(S(=O)(=O)N[C@@H](Cc2ccccc2)C(=O)N[C@@H](C)c2ccc(Br)cc2)cc1Cl. The highest BCUT2D eigenvalue weighted by Crippen LogP contribution is 2.27. The predicted octanol–water partition coefficient (Wildman–Crippen LogP) is 5.27. The molecule has 6 nitrogen and oxygen atoms in total. The van der Waals surface area contributed by atoms with Crippen molar-refractivity contribution in [3.05, 3.63) is 93.4 Å². The van der Waals surface area contributed by atoms with Gasteiger partial charge >= 0.3 is 0 Å². The van der Waals surface area contributed by atoms with E-state index in [1.807, 2.05) is 68.4 Å². The minimum absolute atomic E-state index is 0.0484. The van der Waals surface area contributed by atoms with Gasteiger partial charge in [-0.2, -0.15) is 4.72 Å². The van der Waals surface area contributed by atoms with Crippen LogP contribution in [0.4, 0.5) is 0 Å². The fourth-order valence-corrected chi connectivity index (χ4v) is 5.15. The molecular formula is C25H26BrClN2O4S. The molecule has 0 aromatic heterocycles. The molecule has 0 radical (unpaired) electrons. The molecule has 2 N–H and O–H groups in total. The highest BCUT2D eigenvalue weighted by Gasteiger charge is 2.27. The number of carbonyl (C=O) groups excluding carboxylic acids is 1. The topological polar surface area (TPSA) is 84.5 Å². The molecule has 0 aliphatic carbocycles. The largest absolute Gasteiger partial charge is 0.492 e. The van der Waals surface area contributed by atoms with Gasteiger partial charge in [0.1, 0.15) is 11.8 Å². The summed E-state index contributed by atoms with van der Waals surface area (Å²) >= 11 is 9.59. The summed E-state index contributed by atoms with van der Waals surface area (Å²) in [5.41, 5.74) is 1.72. The molecule has 9 heteroatoms. The summed E-state index contributed by atoms with van der Waals surface area (Å²) in [5, 5.41) is 3.10. The number of hydrogen-bond donors (Lipinski definition) is 2.